The molecule has 1 aromatic carbocycles. The van der Waals surface area contributed by atoms with E-state index < -0.39 is 12.0 Å². The average Bonchev–Trinajstić information content (AvgIpc) is 2.85. The molecule has 5 nitrogen and oxygen atoms in total. The highest BCUT2D eigenvalue weighted by molar-refractivity contribution is 5.90. The number of benzene rings is 1. The van der Waals surface area contributed by atoms with E-state index in [2.05, 4.69) is 10.3 Å². The van der Waals surface area contributed by atoms with Crippen molar-refractivity contribution in [3.8, 4) is 0 Å². The summed E-state index contributed by atoms with van der Waals surface area (Å²) in [6.45, 7) is 3.66. The third kappa shape index (κ3) is 3.44. The van der Waals surface area contributed by atoms with Gasteiger partial charge in [0, 0.05) is 17.1 Å². The highest BCUT2D eigenvalue weighted by atomic mass is 19.1. The molecule has 2 rings (SSSR count). The number of aromatic amines is 1. The summed E-state index contributed by atoms with van der Waals surface area (Å²) in [6, 6.07) is 3.39. The number of carbonyl (C=O) groups excluding carboxylic acids is 1. The Balaban J connectivity index is 2.11. The predicted molar refractivity (Wildman–Crippen MR) is 81.0 cm³/mol. The molecule has 2 unspecified atom stereocenters. The van der Waals surface area contributed by atoms with Gasteiger partial charge in [-0.3, -0.25) is 4.79 Å². The van der Waals surface area contributed by atoms with Gasteiger partial charge in [0.15, 0.2) is 0 Å². The van der Waals surface area contributed by atoms with Crippen molar-refractivity contribution < 1.29 is 19.1 Å². The van der Waals surface area contributed by atoms with Gasteiger partial charge in [-0.25, -0.2) is 9.18 Å². The van der Waals surface area contributed by atoms with Crippen LogP contribution in [0.15, 0.2) is 24.4 Å². The van der Waals surface area contributed by atoms with Crippen LogP contribution in [0.5, 0.6) is 0 Å². The number of hydrogen-bond donors (Lipinski definition) is 3. The van der Waals surface area contributed by atoms with Crippen LogP contribution in [0.4, 0.5) is 4.39 Å². The number of rotatable bonds is 6. The number of amides is 1. The molecule has 0 radical (unpaired) electrons. The molecule has 2 aromatic rings. The van der Waals surface area contributed by atoms with Crippen molar-refractivity contribution in [1.29, 1.82) is 0 Å². The topological polar surface area (TPSA) is 82.2 Å². The average molecular weight is 306 g/mol. The van der Waals surface area contributed by atoms with Crippen molar-refractivity contribution in [1.82, 2.24) is 10.3 Å². The van der Waals surface area contributed by atoms with Crippen LogP contribution < -0.4 is 5.32 Å². The Morgan fingerprint density at radius 2 is 2.14 bits per heavy atom. The number of H-pyrrole nitrogens is 1. The lowest BCUT2D eigenvalue weighted by Gasteiger charge is -2.20. The van der Waals surface area contributed by atoms with Crippen LogP contribution in [0.25, 0.3) is 10.9 Å². The van der Waals surface area contributed by atoms with Gasteiger partial charge in [0.1, 0.15) is 11.9 Å². The number of carboxylic acids is 1. The molecule has 22 heavy (non-hydrogen) atoms. The van der Waals surface area contributed by atoms with Gasteiger partial charge in [-0.2, -0.15) is 0 Å². The van der Waals surface area contributed by atoms with Gasteiger partial charge in [-0.05, 0) is 29.7 Å². The van der Waals surface area contributed by atoms with Crippen LogP contribution in [0.2, 0.25) is 0 Å². The monoisotopic (exact) mass is 306 g/mol. The molecule has 0 spiro atoms. The number of hydrogen-bond acceptors (Lipinski definition) is 2. The zero-order valence-electron chi connectivity index (χ0n) is 12.5. The van der Waals surface area contributed by atoms with Gasteiger partial charge >= 0.3 is 5.97 Å². The van der Waals surface area contributed by atoms with E-state index in [1.54, 1.807) is 19.2 Å². The minimum atomic E-state index is -1.04. The van der Waals surface area contributed by atoms with E-state index in [-0.39, 0.29) is 24.1 Å². The van der Waals surface area contributed by atoms with E-state index in [9.17, 15) is 19.1 Å². The molecule has 3 N–H and O–H groups in total. The zero-order chi connectivity index (χ0) is 16.3. The molecule has 1 amide bonds. The fourth-order valence-corrected chi connectivity index (χ4v) is 2.39. The number of carbonyl (C=O) groups is 2. The predicted octanol–water partition coefficient (Wildman–Crippen LogP) is 2.46. The number of aliphatic carboxylic acids is 1. The molecular formula is C16H19FN2O3. The second-order valence-electron chi connectivity index (χ2n) is 5.45. The summed E-state index contributed by atoms with van der Waals surface area (Å²) in [4.78, 5) is 26.2. The summed E-state index contributed by atoms with van der Waals surface area (Å²) in [6.07, 6.45) is 2.35. The molecule has 0 aliphatic carbocycles. The second kappa shape index (κ2) is 6.60. The molecule has 0 saturated carbocycles. The summed E-state index contributed by atoms with van der Waals surface area (Å²) in [5, 5.41) is 12.5. The molecule has 0 bridgehead atoms. The molecule has 0 saturated heterocycles. The fourth-order valence-electron chi connectivity index (χ4n) is 2.39. The number of fused-ring (bicyclic) bond motifs is 1. The zero-order valence-corrected chi connectivity index (χ0v) is 12.5. The highest BCUT2D eigenvalue weighted by Gasteiger charge is 2.25. The smallest absolute Gasteiger partial charge is 0.326 e. The van der Waals surface area contributed by atoms with Crippen molar-refractivity contribution in [2.24, 2.45) is 5.92 Å². The molecule has 6 heteroatoms. The van der Waals surface area contributed by atoms with Crippen molar-refractivity contribution in [3.63, 3.8) is 0 Å². The minimum absolute atomic E-state index is 0.0475. The van der Waals surface area contributed by atoms with Gasteiger partial charge in [0.05, 0.1) is 6.42 Å². The summed E-state index contributed by atoms with van der Waals surface area (Å²) in [5.74, 6) is -1.91. The van der Waals surface area contributed by atoms with Gasteiger partial charge in [0.25, 0.3) is 0 Å². The van der Waals surface area contributed by atoms with E-state index in [0.717, 1.165) is 5.39 Å². The maximum atomic E-state index is 13.1. The number of carboxylic acid groups (broad SMARTS) is 1. The normalized spacial score (nSPS) is 13.8. The summed E-state index contributed by atoms with van der Waals surface area (Å²) >= 11 is 0. The van der Waals surface area contributed by atoms with Crippen LogP contribution in [-0.4, -0.2) is 28.0 Å². The lowest BCUT2D eigenvalue weighted by Crippen LogP contribution is -2.45. The number of halogens is 1. The largest absolute Gasteiger partial charge is 0.480 e. The molecule has 0 aliphatic heterocycles. The quantitative estimate of drug-likeness (QED) is 0.766. The number of nitrogens with one attached hydrogen (secondary N) is 2. The first-order valence-corrected chi connectivity index (χ1v) is 7.20. The Morgan fingerprint density at radius 1 is 1.41 bits per heavy atom. The second-order valence-corrected chi connectivity index (χ2v) is 5.45. The van der Waals surface area contributed by atoms with Crippen molar-refractivity contribution in [3.05, 3.63) is 35.8 Å². The highest BCUT2D eigenvalue weighted by Crippen LogP contribution is 2.20. The van der Waals surface area contributed by atoms with Crippen molar-refractivity contribution in [2.75, 3.05) is 0 Å². The molecular weight excluding hydrogens is 287 g/mol. The van der Waals surface area contributed by atoms with Crippen molar-refractivity contribution in [2.45, 2.75) is 32.7 Å². The number of aromatic nitrogens is 1. The standard InChI is InChI=1S/C16H19FN2O3/c1-3-9(2)15(16(21)22)19-14(20)6-10-8-18-13-7-11(17)4-5-12(10)13/h4-5,7-9,15,18H,3,6H2,1-2H3,(H,19,20)(H,21,22). The van der Waals surface area contributed by atoms with Gasteiger partial charge < -0.3 is 15.4 Å². The lowest BCUT2D eigenvalue weighted by atomic mass is 9.99. The lowest BCUT2D eigenvalue weighted by molar-refractivity contribution is -0.143. The van der Waals surface area contributed by atoms with E-state index >= 15 is 0 Å². The molecule has 0 fully saturated rings. The van der Waals surface area contributed by atoms with E-state index in [1.165, 1.54) is 12.1 Å². The van der Waals surface area contributed by atoms with E-state index in [4.69, 9.17) is 0 Å². The van der Waals surface area contributed by atoms with Gasteiger partial charge in [-0.1, -0.05) is 20.3 Å². The first-order valence-electron chi connectivity index (χ1n) is 7.20. The Morgan fingerprint density at radius 3 is 2.77 bits per heavy atom. The molecule has 2 atom stereocenters. The van der Waals surface area contributed by atoms with Crippen LogP contribution in [0, 0.1) is 11.7 Å². The summed E-state index contributed by atoms with van der Waals surface area (Å²) in [5.41, 5.74) is 1.32. The third-order valence-corrected chi connectivity index (χ3v) is 3.88. The fraction of sp³-hybridized carbons (Fsp3) is 0.375. The van der Waals surface area contributed by atoms with Crippen LogP contribution in [-0.2, 0) is 16.0 Å². The molecule has 0 aliphatic rings. The summed E-state index contributed by atoms with van der Waals surface area (Å²) < 4.78 is 13.1. The Bertz CT molecular complexity index is 696. The first-order chi connectivity index (χ1) is 10.4. The maximum absolute atomic E-state index is 13.1. The SMILES string of the molecule is CCC(C)C(NC(=O)Cc1c[nH]c2cc(F)ccc12)C(=O)O. The maximum Gasteiger partial charge on any atom is 0.326 e. The van der Waals surface area contributed by atoms with Crippen LogP contribution in [0.1, 0.15) is 25.8 Å². The Hall–Kier alpha value is -2.37. The van der Waals surface area contributed by atoms with Crippen LogP contribution in [0.3, 0.4) is 0 Å². The van der Waals surface area contributed by atoms with Gasteiger partial charge in [-0.15, -0.1) is 0 Å². The minimum Gasteiger partial charge on any atom is -0.480 e. The molecule has 1 aromatic heterocycles. The first kappa shape index (κ1) is 16.0. The summed E-state index contributed by atoms with van der Waals surface area (Å²) in [7, 11) is 0. The molecule has 118 valence electrons. The molecule has 1 heterocycles. The van der Waals surface area contributed by atoms with Crippen LogP contribution >= 0.6 is 0 Å². The van der Waals surface area contributed by atoms with Crippen molar-refractivity contribution >= 4 is 22.8 Å². The van der Waals surface area contributed by atoms with Gasteiger partial charge in [0.2, 0.25) is 5.91 Å². The Kier molecular flexibility index (Phi) is 4.80. The third-order valence-electron chi connectivity index (χ3n) is 3.88. The van der Waals surface area contributed by atoms with E-state index in [0.29, 0.717) is 17.5 Å². The van der Waals surface area contributed by atoms with E-state index in [1.807, 2.05) is 6.92 Å². The Labute approximate surface area is 127 Å².